The molecule has 3 N–H and O–H groups in total. The van der Waals surface area contributed by atoms with Crippen LogP contribution in [0.25, 0.3) is 0 Å². The maximum absolute atomic E-state index is 11.2. The van der Waals surface area contributed by atoms with E-state index in [1.54, 1.807) is 0 Å². The lowest BCUT2D eigenvalue weighted by molar-refractivity contribution is -0.118. The van der Waals surface area contributed by atoms with E-state index >= 15 is 0 Å². The zero-order valence-corrected chi connectivity index (χ0v) is 9.86. The molecule has 0 atom stereocenters. The third kappa shape index (κ3) is 3.83. The number of thioether (sulfide) groups is 1. The van der Waals surface area contributed by atoms with E-state index < -0.39 is 0 Å². The van der Waals surface area contributed by atoms with E-state index in [0.717, 1.165) is 16.1 Å². The van der Waals surface area contributed by atoms with Crippen molar-refractivity contribution < 1.29 is 4.79 Å². The minimum Gasteiger partial charge on any atom is -0.399 e. The molecule has 0 aliphatic heterocycles. The summed E-state index contributed by atoms with van der Waals surface area (Å²) in [6.45, 7) is 4.59. The van der Waals surface area contributed by atoms with Crippen LogP contribution < -0.4 is 11.1 Å². The van der Waals surface area contributed by atoms with Crippen LogP contribution in [0, 0.1) is 6.92 Å². The summed E-state index contributed by atoms with van der Waals surface area (Å²) < 4.78 is 0. The molecule has 0 radical (unpaired) electrons. The van der Waals surface area contributed by atoms with Crippen molar-refractivity contribution >= 4 is 23.4 Å². The van der Waals surface area contributed by atoms with Gasteiger partial charge < -0.3 is 11.1 Å². The number of nitrogens with one attached hydrogen (secondary N) is 1. The van der Waals surface area contributed by atoms with Crippen LogP contribution in [-0.4, -0.2) is 18.2 Å². The maximum Gasteiger partial charge on any atom is 0.230 e. The number of hydrogen-bond acceptors (Lipinski definition) is 3. The first-order valence-electron chi connectivity index (χ1n) is 4.89. The van der Waals surface area contributed by atoms with Gasteiger partial charge in [0.25, 0.3) is 0 Å². The summed E-state index contributed by atoms with van der Waals surface area (Å²) in [6, 6.07) is 5.72. The Kier molecular flexibility index (Phi) is 4.49. The van der Waals surface area contributed by atoms with E-state index in [2.05, 4.69) is 5.32 Å². The number of benzene rings is 1. The molecule has 0 saturated heterocycles. The molecule has 0 aliphatic carbocycles. The van der Waals surface area contributed by atoms with Crippen LogP contribution in [0.5, 0.6) is 0 Å². The molecule has 0 spiro atoms. The molecule has 1 aromatic carbocycles. The van der Waals surface area contributed by atoms with Crippen molar-refractivity contribution in [2.24, 2.45) is 0 Å². The zero-order valence-electron chi connectivity index (χ0n) is 9.04. The predicted octanol–water partition coefficient (Wildman–Crippen LogP) is 1.81. The average Bonchev–Trinajstić information content (AvgIpc) is 2.17. The van der Waals surface area contributed by atoms with Gasteiger partial charge in [0.05, 0.1) is 5.75 Å². The van der Waals surface area contributed by atoms with Crippen LogP contribution in [-0.2, 0) is 4.79 Å². The largest absolute Gasteiger partial charge is 0.399 e. The molecule has 1 aromatic rings. The fourth-order valence-corrected chi connectivity index (χ4v) is 2.07. The molecule has 0 fully saturated rings. The normalized spacial score (nSPS) is 10.0. The summed E-state index contributed by atoms with van der Waals surface area (Å²) in [7, 11) is 0. The van der Waals surface area contributed by atoms with Crippen LogP contribution in [0.1, 0.15) is 12.5 Å². The smallest absolute Gasteiger partial charge is 0.230 e. The number of carbonyl (C=O) groups excluding carboxylic acids is 1. The second-order valence-corrected chi connectivity index (χ2v) is 4.28. The van der Waals surface area contributed by atoms with Gasteiger partial charge in [0.15, 0.2) is 0 Å². The number of anilines is 1. The van der Waals surface area contributed by atoms with Crippen LogP contribution in [0.4, 0.5) is 5.69 Å². The highest BCUT2D eigenvalue weighted by molar-refractivity contribution is 8.00. The topological polar surface area (TPSA) is 55.1 Å². The van der Waals surface area contributed by atoms with Gasteiger partial charge in [-0.2, -0.15) is 0 Å². The van der Waals surface area contributed by atoms with Gasteiger partial charge in [-0.15, -0.1) is 11.8 Å². The third-order valence-corrected chi connectivity index (χ3v) is 3.11. The van der Waals surface area contributed by atoms with Gasteiger partial charge in [0, 0.05) is 17.1 Å². The molecule has 0 aromatic heterocycles. The first-order valence-corrected chi connectivity index (χ1v) is 5.87. The van der Waals surface area contributed by atoms with Gasteiger partial charge in [0.1, 0.15) is 0 Å². The second-order valence-electron chi connectivity index (χ2n) is 3.27. The Labute approximate surface area is 94.4 Å². The van der Waals surface area contributed by atoms with Crippen molar-refractivity contribution in [1.82, 2.24) is 5.32 Å². The summed E-state index contributed by atoms with van der Waals surface area (Å²) in [5, 5.41) is 2.76. The molecule has 3 nitrogen and oxygen atoms in total. The summed E-state index contributed by atoms with van der Waals surface area (Å²) >= 11 is 1.54. The van der Waals surface area contributed by atoms with E-state index in [1.807, 2.05) is 32.0 Å². The Hall–Kier alpha value is -1.16. The highest BCUT2D eigenvalue weighted by Gasteiger charge is 2.03. The van der Waals surface area contributed by atoms with Crippen LogP contribution >= 0.6 is 11.8 Å². The number of amides is 1. The molecule has 0 bridgehead atoms. The Bertz CT molecular complexity index is 352. The molecule has 1 rings (SSSR count). The molecule has 0 heterocycles. The SMILES string of the molecule is CCNC(=O)CSc1ccc(N)cc1C. The first kappa shape index (κ1) is 11.9. The lowest BCUT2D eigenvalue weighted by Gasteiger charge is -2.06. The number of nitrogen functional groups attached to an aromatic ring is 1. The second kappa shape index (κ2) is 5.66. The Morgan fingerprint density at radius 1 is 1.53 bits per heavy atom. The van der Waals surface area contributed by atoms with Gasteiger partial charge in [-0.3, -0.25) is 4.79 Å². The number of nitrogens with two attached hydrogens (primary N) is 1. The Morgan fingerprint density at radius 3 is 2.87 bits per heavy atom. The van der Waals surface area contributed by atoms with Crippen molar-refractivity contribution in [2.45, 2.75) is 18.7 Å². The minimum absolute atomic E-state index is 0.0683. The minimum atomic E-state index is 0.0683. The van der Waals surface area contributed by atoms with E-state index in [-0.39, 0.29) is 5.91 Å². The lowest BCUT2D eigenvalue weighted by atomic mass is 10.2. The van der Waals surface area contributed by atoms with Crippen molar-refractivity contribution in [1.29, 1.82) is 0 Å². The number of hydrogen-bond donors (Lipinski definition) is 2. The van der Waals surface area contributed by atoms with E-state index in [9.17, 15) is 4.79 Å². The quantitative estimate of drug-likeness (QED) is 0.606. The Balaban J connectivity index is 2.54. The van der Waals surface area contributed by atoms with Crippen LogP contribution in [0.2, 0.25) is 0 Å². The lowest BCUT2D eigenvalue weighted by Crippen LogP contribution is -2.24. The van der Waals surface area contributed by atoms with Gasteiger partial charge in [-0.1, -0.05) is 0 Å². The van der Waals surface area contributed by atoms with Crippen molar-refractivity contribution in [3.05, 3.63) is 23.8 Å². The molecular weight excluding hydrogens is 208 g/mol. The molecule has 0 saturated carbocycles. The molecular formula is C11H16N2OS. The molecule has 0 aliphatic rings. The summed E-state index contributed by atoms with van der Waals surface area (Å²) in [5.74, 6) is 0.525. The molecule has 15 heavy (non-hydrogen) atoms. The van der Waals surface area contributed by atoms with Crippen molar-refractivity contribution in [3.8, 4) is 0 Å². The highest BCUT2D eigenvalue weighted by atomic mass is 32.2. The fraction of sp³-hybridized carbons (Fsp3) is 0.364. The molecule has 4 heteroatoms. The van der Waals surface area contributed by atoms with Crippen molar-refractivity contribution in [2.75, 3.05) is 18.0 Å². The van der Waals surface area contributed by atoms with E-state index in [1.165, 1.54) is 11.8 Å². The number of rotatable bonds is 4. The summed E-state index contributed by atoms with van der Waals surface area (Å²) in [6.07, 6.45) is 0. The summed E-state index contributed by atoms with van der Waals surface area (Å²) in [4.78, 5) is 12.3. The van der Waals surface area contributed by atoms with Gasteiger partial charge in [0.2, 0.25) is 5.91 Å². The standard InChI is InChI=1S/C11H16N2OS/c1-3-13-11(14)7-15-10-5-4-9(12)6-8(10)2/h4-6H,3,7,12H2,1-2H3,(H,13,14). The van der Waals surface area contributed by atoms with Crippen LogP contribution in [0.15, 0.2) is 23.1 Å². The zero-order chi connectivity index (χ0) is 11.3. The molecule has 82 valence electrons. The summed E-state index contributed by atoms with van der Waals surface area (Å²) in [5.41, 5.74) is 7.52. The van der Waals surface area contributed by atoms with Crippen LogP contribution in [0.3, 0.4) is 0 Å². The van der Waals surface area contributed by atoms with Crippen molar-refractivity contribution in [3.63, 3.8) is 0 Å². The maximum atomic E-state index is 11.2. The first-order chi connectivity index (χ1) is 7.13. The average molecular weight is 224 g/mol. The highest BCUT2D eigenvalue weighted by Crippen LogP contribution is 2.23. The number of aryl methyl sites for hydroxylation is 1. The monoisotopic (exact) mass is 224 g/mol. The number of carbonyl (C=O) groups is 1. The van der Waals surface area contributed by atoms with E-state index in [4.69, 9.17) is 5.73 Å². The van der Waals surface area contributed by atoms with E-state index in [0.29, 0.717) is 12.3 Å². The predicted molar refractivity (Wildman–Crippen MR) is 65.0 cm³/mol. The Morgan fingerprint density at radius 2 is 2.27 bits per heavy atom. The third-order valence-electron chi connectivity index (χ3n) is 1.93. The van der Waals surface area contributed by atoms with Gasteiger partial charge in [-0.25, -0.2) is 0 Å². The van der Waals surface area contributed by atoms with Gasteiger partial charge in [-0.05, 0) is 37.6 Å². The molecule has 1 amide bonds. The van der Waals surface area contributed by atoms with Gasteiger partial charge >= 0.3 is 0 Å². The fourth-order valence-electron chi connectivity index (χ4n) is 1.23. The molecule has 0 unspecified atom stereocenters.